The third-order valence-electron chi connectivity index (χ3n) is 4.04. The van der Waals surface area contributed by atoms with Crippen LogP contribution in [0.4, 0.5) is 0 Å². The van der Waals surface area contributed by atoms with Gasteiger partial charge >= 0.3 is 0 Å². The van der Waals surface area contributed by atoms with Gasteiger partial charge < -0.3 is 10.6 Å². The van der Waals surface area contributed by atoms with Crippen LogP contribution in [-0.4, -0.2) is 25.0 Å². The van der Waals surface area contributed by atoms with Gasteiger partial charge in [0.1, 0.15) is 0 Å². The van der Waals surface area contributed by atoms with E-state index < -0.39 is 0 Å². The van der Waals surface area contributed by atoms with Gasteiger partial charge in [-0.2, -0.15) is 0 Å². The second kappa shape index (κ2) is 4.36. The SMILES string of the molecule is O=C(CNC(C1CC1)C1CC1)NCC1CC1. The van der Waals surface area contributed by atoms with Crippen molar-refractivity contribution in [2.75, 3.05) is 13.1 Å². The van der Waals surface area contributed by atoms with Gasteiger partial charge in [0.05, 0.1) is 6.54 Å². The maximum absolute atomic E-state index is 11.6. The van der Waals surface area contributed by atoms with Crippen LogP contribution in [-0.2, 0) is 4.79 Å². The lowest BCUT2D eigenvalue weighted by Gasteiger charge is -2.17. The Balaban J connectivity index is 1.34. The topological polar surface area (TPSA) is 41.1 Å². The predicted octanol–water partition coefficient (Wildman–Crippen LogP) is 1.29. The average molecular weight is 222 g/mol. The molecule has 0 heterocycles. The van der Waals surface area contributed by atoms with Crippen LogP contribution in [0.15, 0.2) is 0 Å². The molecule has 0 unspecified atom stereocenters. The highest BCUT2D eigenvalue weighted by atomic mass is 16.1. The van der Waals surface area contributed by atoms with Gasteiger partial charge in [0.2, 0.25) is 5.91 Å². The Morgan fingerprint density at radius 2 is 1.69 bits per heavy atom. The summed E-state index contributed by atoms with van der Waals surface area (Å²) in [6.07, 6.45) is 8.10. The minimum atomic E-state index is 0.193. The first kappa shape index (κ1) is 10.6. The Labute approximate surface area is 97.4 Å². The molecule has 3 heteroatoms. The number of hydrogen-bond donors (Lipinski definition) is 2. The molecule has 0 spiro atoms. The maximum atomic E-state index is 11.6. The van der Waals surface area contributed by atoms with E-state index in [9.17, 15) is 4.79 Å². The third kappa shape index (κ3) is 2.97. The van der Waals surface area contributed by atoms with Gasteiger partial charge in [-0.1, -0.05) is 0 Å². The molecule has 1 amide bonds. The zero-order valence-electron chi connectivity index (χ0n) is 9.87. The Hall–Kier alpha value is -0.570. The first-order valence-electron chi connectivity index (χ1n) is 6.83. The van der Waals surface area contributed by atoms with Crippen LogP contribution in [0, 0.1) is 17.8 Å². The van der Waals surface area contributed by atoms with Crippen molar-refractivity contribution in [2.24, 2.45) is 17.8 Å². The van der Waals surface area contributed by atoms with Gasteiger partial charge in [-0.25, -0.2) is 0 Å². The fraction of sp³-hybridized carbons (Fsp3) is 0.923. The van der Waals surface area contributed by atoms with Gasteiger partial charge in [-0.05, 0) is 56.3 Å². The Morgan fingerprint density at radius 1 is 1.06 bits per heavy atom. The van der Waals surface area contributed by atoms with Crippen LogP contribution < -0.4 is 10.6 Å². The molecule has 16 heavy (non-hydrogen) atoms. The van der Waals surface area contributed by atoms with Crippen molar-refractivity contribution >= 4 is 5.91 Å². The first-order chi connectivity index (χ1) is 7.83. The zero-order chi connectivity index (χ0) is 11.0. The van der Waals surface area contributed by atoms with Crippen LogP contribution >= 0.6 is 0 Å². The minimum absolute atomic E-state index is 0.193. The molecule has 0 aliphatic heterocycles. The summed E-state index contributed by atoms with van der Waals surface area (Å²) in [5.41, 5.74) is 0. The Bertz CT molecular complexity index is 255. The molecule has 90 valence electrons. The van der Waals surface area contributed by atoms with Gasteiger partial charge in [0, 0.05) is 12.6 Å². The smallest absolute Gasteiger partial charge is 0.233 e. The molecular formula is C13H22N2O. The first-order valence-corrected chi connectivity index (χ1v) is 6.83. The molecule has 0 aromatic carbocycles. The van der Waals surface area contributed by atoms with Crippen molar-refractivity contribution in [3.8, 4) is 0 Å². The van der Waals surface area contributed by atoms with E-state index in [1.54, 1.807) is 0 Å². The van der Waals surface area contributed by atoms with E-state index in [0.29, 0.717) is 12.6 Å². The average Bonchev–Trinajstić information content (AvgIpc) is 3.15. The van der Waals surface area contributed by atoms with Crippen molar-refractivity contribution in [2.45, 2.75) is 44.6 Å². The van der Waals surface area contributed by atoms with E-state index in [-0.39, 0.29) is 5.91 Å². The monoisotopic (exact) mass is 222 g/mol. The van der Waals surface area contributed by atoms with E-state index in [4.69, 9.17) is 0 Å². The molecule has 0 aromatic rings. The summed E-state index contributed by atoms with van der Waals surface area (Å²) in [5.74, 6) is 2.73. The minimum Gasteiger partial charge on any atom is -0.355 e. The maximum Gasteiger partial charge on any atom is 0.233 e. The molecule has 3 fully saturated rings. The van der Waals surface area contributed by atoms with E-state index in [0.717, 1.165) is 24.3 Å². The largest absolute Gasteiger partial charge is 0.355 e. The molecular weight excluding hydrogens is 200 g/mol. The second-order valence-electron chi connectivity index (χ2n) is 5.83. The molecule has 0 bridgehead atoms. The third-order valence-corrected chi connectivity index (χ3v) is 4.04. The summed E-state index contributed by atoms with van der Waals surface area (Å²) >= 11 is 0. The lowest BCUT2D eigenvalue weighted by Crippen LogP contribution is -2.41. The molecule has 2 N–H and O–H groups in total. The standard InChI is InChI=1S/C13H22N2O/c16-12(14-7-9-1-2-9)8-15-13(10-3-4-10)11-5-6-11/h9-11,13,15H,1-8H2,(H,14,16). The van der Waals surface area contributed by atoms with Crippen molar-refractivity contribution < 1.29 is 4.79 Å². The van der Waals surface area contributed by atoms with E-state index in [2.05, 4.69) is 10.6 Å². The number of rotatable bonds is 7. The van der Waals surface area contributed by atoms with E-state index >= 15 is 0 Å². The van der Waals surface area contributed by atoms with Crippen LogP contribution in [0.5, 0.6) is 0 Å². The molecule has 3 aliphatic carbocycles. The highest BCUT2D eigenvalue weighted by molar-refractivity contribution is 5.78. The van der Waals surface area contributed by atoms with E-state index in [1.807, 2.05) is 0 Å². The normalized spacial score (nSPS) is 24.8. The summed E-state index contributed by atoms with van der Waals surface area (Å²) in [7, 11) is 0. The fourth-order valence-corrected chi connectivity index (χ4v) is 2.48. The van der Waals surface area contributed by atoms with Crippen LogP contribution in [0.1, 0.15) is 38.5 Å². The number of nitrogens with one attached hydrogen (secondary N) is 2. The Kier molecular flexibility index (Phi) is 2.88. The van der Waals surface area contributed by atoms with Crippen LogP contribution in [0.2, 0.25) is 0 Å². The summed E-state index contributed by atoms with van der Waals surface area (Å²) < 4.78 is 0. The predicted molar refractivity (Wildman–Crippen MR) is 63.0 cm³/mol. The summed E-state index contributed by atoms with van der Waals surface area (Å²) in [6, 6.07) is 0.645. The molecule has 0 atom stereocenters. The zero-order valence-corrected chi connectivity index (χ0v) is 9.87. The van der Waals surface area contributed by atoms with Crippen LogP contribution in [0.25, 0.3) is 0 Å². The lowest BCUT2D eigenvalue weighted by atomic mass is 10.1. The summed E-state index contributed by atoms with van der Waals surface area (Å²) in [5, 5.41) is 6.49. The van der Waals surface area contributed by atoms with E-state index in [1.165, 1.54) is 38.5 Å². The molecule has 3 rings (SSSR count). The highest BCUT2D eigenvalue weighted by Gasteiger charge is 2.41. The number of carbonyl (C=O) groups is 1. The van der Waals surface area contributed by atoms with Crippen molar-refractivity contribution in [3.63, 3.8) is 0 Å². The molecule has 3 aliphatic rings. The summed E-state index contributed by atoms with van der Waals surface area (Å²) in [4.78, 5) is 11.6. The molecule has 3 saturated carbocycles. The number of carbonyl (C=O) groups excluding carboxylic acids is 1. The molecule has 3 nitrogen and oxygen atoms in total. The van der Waals surface area contributed by atoms with Gasteiger partial charge in [-0.15, -0.1) is 0 Å². The van der Waals surface area contributed by atoms with Crippen molar-refractivity contribution in [1.29, 1.82) is 0 Å². The number of amides is 1. The van der Waals surface area contributed by atoms with Gasteiger partial charge in [-0.3, -0.25) is 4.79 Å². The van der Waals surface area contributed by atoms with Crippen molar-refractivity contribution in [3.05, 3.63) is 0 Å². The quantitative estimate of drug-likeness (QED) is 0.681. The van der Waals surface area contributed by atoms with Crippen LogP contribution in [0.3, 0.4) is 0 Å². The molecule has 0 saturated heterocycles. The molecule has 0 aromatic heterocycles. The highest BCUT2D eigenvalue weighted by Crippen LogP contribution is 2.44. The Morgan fingerprint density at radius 3 is 2.19 bits per heavy atom. The second-order valence-corrected chi connectivity index (χ2v) is 5.83. The fourth-order valence-electron chi connectivity index (χ4n) is 2.48. The van der Waals surface area contributed by atoms with Gasteiger partial charge in [0.25, 0.3) is 0 Å². The lowest BCUT2D eigenvalue weighted by molar-refractivity contribution is -0.120. The number of hydrogen-bond acceptors (Lipinski definition) is 2. The van der Waals surface area contributed by atoms with Gasteiger partial charge in [0.15, 0.2) is 0 Å². The molecule has 0 radical (unpaired) electrons. The summed E-state index contributed by atoms with van der Waals surface area (Å²) in [6.45, 7) is 1.43. The van der Waals surface area contributed by atoms with Crippen molar-refractivity contribution in [1.82, 2.24) is 10.6 Å².